The third kappa shape index (κ3) is 4.87. The molecule has 2 aromatic rings. The molecule has 0 aliphatic heterocycles. The lowest BCUT2D eigenvalue weighted by molar-refractivity contribution is 0.239. The second kappa shape index (κ2) is 7.62. The fourth-order valence-corrected chi connectivity index (χ4v) is 2.42. The number of nitrogens with one attached hydrogen (secondary N) is 1. The lowest BCUT2D eigenvalue weighted by Crippen LogP contribution is -2.19. The van der Waals surface area contributed by atoms with Crippen LogP contribution in [-0.4, -0.2) is 6.10 Å². The molecule has 2 nitrogen and oxygen atoms in total. The first kappa shape index (κ1) is 16.1. The Morgan fingerprint density at radius 2 is 1.67 bits per heavy atom. The van der Waals surface area contributed by atoms with E-state index in [9.17, 15) is 0 Å². The van der Waals surface area contributed by atoms with Crippen molar-refractivity contribution in [1.29, 1.82) is 0 Å². The minimum absolute atomic E-state index is 0.190. The summed E-state index contributed by atoms with van der Waals surface area (Å²) in [7, 11) is 0. The number of para-hydroxylation sites is 1. The van der Waals surface area contributed by atoms with Crippen molar-refractivity contribution in [3.8, 4) is 5.75 Å². The van der Waals surface area contributed by atoms with E-state index in [4.69, 9.17) is 4.74 Å². The fraction of sp³-hybridized carbons (Fsp3) is 0.333. The van der Waals surface area contributed by atoms with Crippen molar-refractivity contribution < 1.29 is 4.74 Å². The molecule has 0 saturated heterocycles. The smallest absolute Gasteiger partial charge is 0.124 e. The van der Waals surface area contributed by atoms with Gasteiger partial charge in [-0.1, -0.05) is 46.3 Å². The Morgan fingerprint density at radius 1 is 1.00 bits per heavy atom. The van der Waals surface area contributed by atoms with Gasteiger partial charge in [0.25, 0.3) is 0 Å². The molecule has 0 radical (unpaired) electrons. The van der Waals surface area contributed by atoms with Crippen LogP contribution in [0.4, 0.5) is 0 Å². The van der Waals surface area contributed by atoms with Crippen LogP contribution in [0.5, 0.6) is 5.75 Å². The molecule has 1 unspecified atom stereocenters. The lowest BCUT2D eigenvalue weighted by Gasteiger charge is -2.18. The van der Waals surface area contributed by atoms with Crippen LogP contribution in [0.2, 0.25) is 0 Å². The van der Waals surface area contributed by atoms with E-state index in [1.807, 2.05) is 12.1 Å². The predicted octanol–water partition coefficient (Wildman–Crippen LogP) is 5.09. The molecule has 0 bridgehead atoms. The van der Waals surface area contributed by atoms with E-state index < -0.39 is 0 Å². The average Bonchev–Trinajstić information content (AvgIpc) is 2.46. The highest BCUT2D eigenvalue weighted by molar-refractivity contribution is 9.10. The highest BCUT2D eigenvalue weighted by atomic mass is 79.9. The van der Waals surface area contributed by atoms with Gasteiger partial charge in [-0.3, -0.25) is 0 Å². The van der Waals surface area contributed by atoms with E-state index in [1.54, 1.807) is 0 Å². The van der Waals surface area contributed by atoms with Gasteiger partial charge in [0, 0.05) is 22.6 Å². The van der Waals surface area contributed by atoms with Gasteiger partial charge in [0.2, 0.25) is 0 Å². The quantitative estimate of drug-likeness (QED) is 0.785. The molecule has 1 atom stereocenters. The Labute approximate surface area is 135 Å². The highest BCUT2D eigenvalue weighted by Gasteiger charge is 2.08. The van der Waals surface area contributed by atoms with Crippen LogP contribution in [0.3, 0.4) is 0 Å². The Balaban J connectivity index is 2.01. The van der Waals surface area contributed by atoms with Crippen molar-refractivity contribution in [3.63, 3.8) is 0 Å². The van der Waals surface area contributed by atoms with Gasteiger partial charge in [-0.25, -0.2) is 0 Å². The molecule has 2 rings (SSSR count). The van der Waals surface area contributed by atoms with Crippen LogP contribution in [0.1, 0.15) is 37.9 Å². The van der Waals surface area contributed by atoms with Crippen molar-refractivity contribution in [2.75, 3.05) is 0 Å². The van der Waals surface area contributed by atoms with Crippen molar-refractivity contribution in [1.82, 2.24) is 5.32 Å². The number of hydrogen-bond acceptors (Lipinski definition) is 2. The van der Waals surface area contributed by atoms with Crippen LogP contribution in [0, 0.1) is 0 Å². The van der Waals surface area contributed by atoms with Crippen LogP contribution in [-0.2, 0) is 6.54 Å². The molecule has 0 aliphatic carbocycles. The summed E-state index contributed by atoms with van der Waals surface area (Å²) in [5.74, 6) is 0.961. The van der Waals surface area contributed by atoms with Crippen molar-refractivity contribution in [3.05, 3.63) is 64.1 Å². The Kier molecular flexibility index (Phi) is 5.83. The van der Waals surface area contributed by atoms with Gasteiger partial charge in [-0.2, -0.15) is 0 Å². The highest BCUT2D eigenvalue weighted by Crippen LogP contribution is 2.21. The van der Waals surface area contributed by atoms with Gasteiger partial charge >= 0.3 is 0 Å². The first-order valence-corrected chi connectivity index (χ1v) is 8.09. The summed E-state index contributed by atoms with van der Waals surface area (Å²) in [6.45, 7) is 7.07. The normalized spacial score (nSPS) is 12.4. The lowest BCUT2D eigenvalue weighted by atomic mass is 10.1. The largest absolute Gasteiger partial charge is 0.491 e. The molecule has 2 aromatic carbocycles. The maximum Gasteiger partial charge on any atom is 0.124 e. The third-order valence-corrected chi connectivity index (χ3v) is 3.83. The first-order chi connectivity index (χ1) is 10.1. The molecular weight excluding hydrogens is 326 g/mol. The zero-order chi connectivity index (χ0) is 15.2. The number of hydrogen-bond donors (Lipinski definition) is 1. The Hall–Kier alpha value is -1.32. The van der Waals surface area contributed by atoms with Gasteiger partial charge in [0.05, 0.1) is 6.10 Å². The van der Waals surface area contributed by atoms with E-state index in [-0.39, 0.29) is 6.10 Å². The molecule has 0 aromatic heterocycles. The summed E-state index contributed by atoms with van der Waals surface area (Å²) in [6.07, 6.45) is 0.190. The zero-order valence-corrected chi connectivity index (χ0v) is 14.4. The summed E-state index contributed by atoms with van der Waals surface area (Å²) in [5, 5.41) is 3.55. The maximum absolute atomic E-state index is 5.85. The molecule has 0 spiro atoms. The van der Waals surface area contributed by atoms with E-state index in [1.165, 1.54) is 11.1 Å². The van der Waals surface area contributed by atoms with Gasteiger partial charge in [0.1, 0.15) is 5.75 Å². The SMILES string of the molecule is CC(C)Oc1ccccc1CNC(C)c1ccc(Br)cc1. The van der Waals surface area contributed by atoms with Crippen LogP contribution < -0.4 is 10.1 Å². The molecule has 0 heterocycles. The second-order valence-electron chi connectivity index (χ2n) is 5.43. The Morgan fingerprint density at radius 3 is 2.33 bits per heavy atom. The van der Waals surface area contributed by atoms with Crippen LogP contribution >= 0.6 is 15.9 Å². The number of rotatable bonds is 6. The van der Waals surface area contributed by atoms with Gasteiger partial charge in [-0.15, -0.1) is 0 Å². The summed E-state index contributed by atoms with van der Waals surface area (Å²) in [6, 6.07) is 16.9. The molecule has 0 amide bonds. The van der Waals surface area contributed by atoms with E-state index >= 15 is 0 Å². The molecule has 0 aliphatic rings. The zero-order valence-electron chi connectivity index (χ0n) is 12.8. The van der Waals surface area contributed by atoms with Gasteiger partial charge in [-0.05, 0) is 44.5 Å². The summed E-state index contributed by atoms with van der Waals surface area (Å²) < 4.78 is 6.96. The molecule has 0 saturated carbocycles. The number of benzene rings is 2. The topological polar surface area (TPSA) is 21.3 Å². The fourth-order valence-electron chi connectivity index (χ4n) is 2.15. The standard InChI is InChI=1S/C18H22BrNO/c1-13(2)21-18-7-5-4-6-16(18)12-20-14(3)15-8-10-17(19)11-9-15/h4-11,13-14,20H,12H2,1-3H3. The second-order valence-corrected chi connectivity index (χ2v) is 6.34. The van der Waals surface area contributed by atoms with Crippen molar-refractivity contribution in [2.45, 2.75) is 39.5 Å². The van der Waals surface area contributed by atoms with E-state index in [0.717, 1.165) is 16.8 Å². The number of halogens is 1. The molecule has 0 fully saturated rings. The number of ether oxygens (including phenoxy) is 1. The van der Waals surface area contributed by atoms with Crippen LogP contribution in [0.15, 0.2) is 53.0 Å². The maximum atomic E-state index is 5.85. The summed E-state index contributed by atoms with van der Waals surface area (Å²) in [4.78, 5) is 0. The molecule has 112 valence electrons. The summed E-state index contributed by atoms with van der Waals surface area (Å²) >= 11 is 3.47. The van der Waals surface area contributed by atoms with Crippen molar-refractivity contribution in [2.24, 2.45) is 0 Å². The monoisotopic (exact) mass is 347 g/mol. The van der Waals surface area contributed by atoms with E-state index in [2.05, 4.69) is 78.4 Å². The molecular formula is C18H22BrNO. The predicted molar refractivity (Wildman–Crippen MR) is 91.6 cm³/mol. The minimum atomic E-state index is 0.190. The van der Waals surface area contributed by atoms with Gasteiger partial charge in [0.15, 0.2) is 0 Å². The third-order valence-electron chi connectivity index (χ3n) is 3.30. The molecule has 1 N–H and O–H groups in total. The molecule has 21 heavy (non-hydrogen) atoms. The summed E-state index contributed by atoms with van der Waals surface area (Å²) in [5.41, 5.74) is 2.47. The average molecular weight is 348 g/mol. The van der Waals surface area contributed by atoms with E-state index in [0.29, 0.717) is 6.04 Å². The minimum Gasteiger partial charge on any atom is -0.491 e. The van der Waals surface area contributed by atoms with Crippen LogP contribution in [0.25, 0.3) is 0 Å². The first-order valence-electron chi connectivity index (χ1n) is 7.29. The molecule has 3 heteroatoms. The van der Waals surface area contributed by atoms with Gasteiger partial charge < -0.3 is 10.1 Å². The Bertz CT molecular complexity index is 566. The van der Waals surface area contributed by atoms with Crippen molar-refractivity contribution >= 4 is 15.9 Å².